The van der Waals surface area contributed by atoms with Crippen LogP contribution in [0.3, 0.4) is 0 Å². The standard InChI is InChI=1S/C28H38N6O3S/c1-6-11-23(20-12-8-7-9-13-20)22-15-10-14-21(16-22)18(2)26(37)38-17-24(31-19(3)35)25(36)32-27(29)33-28(30)34(4)5/h7-16,18,24,27H,6,17,29H2,1-5H3,(H2,30,33)(H,31,35)(H,32,36). The minimum Gasteiger partial charge on any atom is -0.370 e. The Balaban J connectivity index is 2.13. The van der Waals surface area contributed by atoms with Crippen LogP contribution in [0, 0.1) is 0 Å². The lowest BCUT2D eigenvalue weighted by atomic mass is 9.93. The fraction of sp³-hybridized carbons (Fsp3) is 0.357. The van der Waals surface area contributed by atoms with Crippen molar-refractivity contribution in [3.63, 3.8) is 0 Å². The molecule has 0 aliphatic rings. The van der Waals surface area contributed by atoms with Crippen molar-refractivity contribution in [1.29, 1.82) is 0 Å². The van der Waals surface area contributed by atoms with Gasteiger partial charge in [-0.15, -0.1) is 0 Å². The lowest BCUT2D eigenvalue weighted by molar-refractivity contribution is -0.127. The molecule has 2 aromatic carbocycles. The number of aliphatic imine (C=N–C) groups is 1. The number of benzene rings is 2. The summed E-state index contributed by atoms with van der Waals surface area (Å²) in [6.07, 6.45) is 1.95. The van der Waals surface area contributed by atoms with Crippen LogP contribution in [0.4, 0.5) is 0 Å². The zero-order valence-corrected chi connectivity index (χ0v) is 23.4. The number of hydrogen-bond donors (Lipinski definition) is 4. The number of guanidine groups is 1. The van der Waals surface area contributed by atoms with Crippen LogP contribution < -0.4 is 22.1 Å². The van der Waals surface area contributed by atoms with E-state index in [2.05, 4.69) is 40.8 Å². The van der Waals surface area contributed by atoms with Gasteiger partial charge in [0.25, 0.3) is 0 Å². The van der Waals surface area contributed by atoms with Crippen LogP contribution in [0.5, 0.6) is 0 Å². The molecule has 2 rings (SSSR count). The summed E-state index contributed by atoms with van der Waals surface area (Å²) in [5, 5.41) is 4.96. The molecule has 0 aromatic heterocycles. The van der Waals surface area contributed by atoms with Gasteiger partial charge in [-0.2, -0.15) is 0 Å². The number of allylic oxidation sites excluding steroid dienone is 1. The summed E-state index contributed by atoms with van der Waals surface area (Å²) in [5.41, 5.74) is 15.7. The van der Waals surface area contributed by atoms with E-state index in [-0.39, 0.29) is 16.8 Å². The molecular formula is C28H38N6O3S. The zero-order chi connectivity index (χ0) is 28.2. The molecule has 6 N–H and O–H groups in total. The third-order valence-electron chi connectivity index (χ3n) is 5.65. The smallest absolute Gasteiger partial charge is 0.246 e. The number of carbonyl (C=O) groups is 3. The molecule has 2 amide bonds. The fourth-order valence-electron chi connectivity index (χ4n) is 3.59. The van der Waals surface area contributed by atoms with Crippen molar-refractivity contribution in [2.75, 3.05) is 19.8 Å². The Labute approximate surface area is 229 Å². The first-order valence-corrected chi connectivity index (χ1v) is 13.4. The minimum atomic E-state index is -1.10. The second-order valence-electron chi connectivity index (χ2n) is 8.96. The number of carbonyl (C=O) groups excluding carboxylic acids is 3. The fourth-order valence-corrected chi connectivity index (χ4v) is 4.54. The van der Waals surface area contributed by atoms with Gasteiger partial charge in [0, 0.05) is 26.8 Å². The molecule has 0 aliphatic heterocycles. The van der Waals surface area contributed by atoms with Crippen LogP contribution in [-0.4, -0.2) is 60.0 Å². The van der Waals surface area contributed by atoms with E-state index in [1.54, 1.807) is 19.0 Å². The number of nitrogens with two attached hydrogens (primary N) is 2. The topological polar surface area (TPSA) is 143 Å². The Morgan fingerprint density at radius 2 is 1.71 bits per heavy atom. The predicted molar refractivity (Wildman–Crippen MR) is 155 cm³/mol. The maximum atomic E-state index is 13.1. The first-order chi connectivity index (χ1) is 18.0. The molecule has 0 radical (unpaired) electrons. The second-order valence-corrected chi connectivity index (χ2v) is 9.98. The van der Waals surface area contributed by atoms with Gasteiger partial charge in [0.05, 0.1) is 5.92 Å². The maximum absolute atomic E-state index is 13.1. The van der Waals surface area contributed by atoms with Gasteiger partial charge >= 0.3 is 0 Å². The molecule has 2 aromatic rings. The van der Waals surface area contributed by atoms with Crippen molar-refractivity contribution < 1.29 is 14.4 Å². The highest BCUT2D eigenvalue weighted by molar-refractivity contribution is 8.13. The summed E-state index contributed by atoms with van der Waals surface area (Å²) in [7, 11) is 3.38. The van der Waals surface area contributed by atoms with Crippen molar-refractivity contribution in [3.8, 4) is 0 Å². The molecule has 0 aliphatic carbocycles. The van der Waals surface area contributed by atoms with E-state index in [0.717, 1.165) is 40.4 Å². The van der Waals surface area contributed by atoms with Crippen LogP contribution in [0.15, 0.2) is 65.7 Å². The van der Waals surface area contributed by atoms with Gasteiger partial charge in [0.15, 0.2) is 17.4 Å². The summed E-state index contributed by atoms with van der Waals surface area (Å²) in [6, 6.07) is 17.1. The zero-order valence-electron chi connectivity index (χ0n) is 22.6. The Kier molecular flexibility index (Phi) is 12.0. The Morgan fingerprint density at radius 3 is 2.32 bits per heavy atom. The van der Waals surface area contributed by atoms with E-state index in [0.29, 0.717) is 0 Å². The molecule has 3 atom stereocenters. The van der Waals surface area contributed by atoms with Gasteiger partial charge < -0.3 is 21.3 Å². The van der Waals surface area contributed by atoms with Crippen molar-refractivity contribution >= 4 is 40.2 Å². The van der Waals surface area contributed by atoms with Gasteiger partial charge in [0.1, 0.15) is 6.04 Å². The first kappa shape index (κ1) is 30.6. The van der Waals surface area contributed by atoms with E-state index in [1.165, 1.54) is 6.92 Å². The molecule has 38 heavy (non-hydrogen) atoms. The van der Waals surface area contributed by atoms with E-state index in [1.807, 2.05) is 49.4 Å². The van der Waals surface area contributed by atoms with E-state index < -0.39 is 30.1 Å². The molecule has 0 fully saturated rings. The second kappa shape index (κ2) is 14.9. The average Bonchev–Trinajstić information content (AvgIpc) is 2.89. The van der Waals surface area contributed by atoms with E-state index in [4.69, 9.17) is 11.5 Å². The molecule has 0 spiro atoms. The molecular weight excluding hydrogens is 500 g/mol. The molecule has 10 heteroatoms. The summed E-state index contributed by atoms with van der Waals surface area (Å²) < 4.78 is 0. The minimum absolute atomic E-state index is 0.0406. The number of thioether (sulfide) groups is 1. The summed E-state index contributed by atoms with van der Waals surface area (Å²) in [6.45, 7) is 5.23. The maximum Gasteiger partial charge on any atom is 0.246 e. The van der Waals surface area contributed by atoms with Crippen LogP contribution >= 0.6 is 11.8 Å². The van der Waals surface area contributed by atoms with Crippen molar-refractivity contribution in [3.05, 3.63) is 77.4 Å². The Hall–Kier alpha value is -3.63. The van der Waals surface area contributed by atoms with E-state index >= 15 is 0 Å². The van der Waals surface area contributed by atoms with Crippen molar-refractivity contribution in [1.82, 2.24) is 15.5 Å². The number of amides is 2. The normalized spacial score (nSPS) is 14.3. The molecule has 0 saturated heterocycles. The monoisotopic (exact) mass is 538 g/mol. The molecule has 204 valence electrons. The van der Waals surface area contributed by atoms with Crippen LogP contribution in [0.2, 0.25) is 0 Å². The third-order valence-corrected chi connectivity index (χ3v) is 6.79. The lowest BCUT2D eigenvalue weighted by Gasteiger charge is -2.20. The largest absolute Gasteiger partial charge is 0.370 e. The quantitative estimate of drug-likeness (QED) is 0.196. The van der Waals surface area contributed by atoms with Crippen molar-refractivity contribution in [2.45, 2.75) is 45.4 Å². The van der Waals surface area contributed by atoms with Gasteiger partial charge in [-0.25, -0.2) is 4.99 Å². The number of nitrogens with zero attached hydrogens (tertiary/aromatic N) is 2. The van der Waals surface area contributed by atoms with Gasteiger partial charge in [-0.3, -0.25) is 20.1 Å². The van der Waals surface area contributed by atoms with Crippen LogP contribution in [-0.2, 0) is 14.4 Å². The van der Waals surface area contributed by atoms with E-state index in [9.17, 15) is 14.4 Å². The lowest BCUT2D eigenvalue weighted by Crippen LogP contribution is -2.53. The Morgan fingerprint density at radius 1 is 1.05 bits per heavy atom. The molecule has 0 saturated carbocycles. The predicted octanol–water partition coefficient (Wildman–Crippen LogP) is 2.63. The highest BCUT2D eigenvalue weighted by atomic mass is 32.2. The van der Waals surface area contributed by atoms with Crippen LogP contribution in [0.1, 0.15) is 49.8 Å². The number of rotatable bonds is 11. The molecule has 9 nitrogen and oxygen atoms in total. The highest BCUT2D eigenvalue weighted by Crippen LogP contribution is 2.29. The summed E-state index contributed by atoms with van der Waals surface area (Å²) in [5.74, 6) is -1.21. The average molecular weight is 539 g/mol. The third kappa shape index (κ3) is 9.35. The van der Waals surface area contributed by atoms with Gasteiger partial charge in [-0.05, 0) is 28.7 Å². The van der Waals surface area contributed by atoms with Crippen molar-refractivity contribution in [2.24, 2.45) is 16.5 Å². The summed E-state index contributed by atoms with van der Waals surface area (Å²) >= 11 is 0.986. The molecule has 0 heterocycles. The summed E-state index contributed by atoms with van der Waals surface area (Å²) in [4.78, 5) is 43.1. The SMILES string of the molecule is CCC=C(c1ccccc1)c1cccc(C(C)C(=O)SCC(NC(C)=O)C(=O)NC(N)N=C(N)N(C)C)c1. The molecule has 3 unspecified atom stereocenters. The van der Waals surface area contributed by atoms with Gasteiger partial charge in [-0.1, -0.05) is 86.3 Å². The number of nitrogens with one attached hydrogen (secondary N) is 2. The number of hydrogen-bond acceptors (Lipinski definition) is 6. The molecule has 0 bridgehead atoms. The van der Waals surface area contributed by atoms with Gasteiger partial charge in [0.2, 0.25) is 11.8 Å². The highest BCUT2D eigenvalue weighted by Gasteiger charge is 2.25. The Bertz CT molecular complexity index is 1170. The first-order valence-electron chi connectivity index (χ1n) is 12.4. The van der Waals surface area contributed by atoms with Crippen LogP contribution in [0.25, 0.3) is 5.57 Å².